The first-order valence-electron chi connectivity index (χ1n) is 6.64. The summed E-state index contributed by atoms with van der Waals surface area (Å²) in [5.74, 6) is 0. The summed E-state index contributed by atoms with van der Waals surface area (Å²) in [5.41, 5.74) is 7.94. The van der Waals surface area contributed by atoms with Gasteiger partial charge >= 0.3 is 0 Å². The Morgan fingerprint density at radius 2 is 1.95 bits per heavy atom. The highest BCUT2D eigenvalue weighted by Crippen LogP contribution is 2.21. The SMILES string of the molecule is Cc1cc(N2CCN(C(C)(C)C(N)=S)CC2)ccn1. The van der Waals surface area contributed by atoms with Crippen LogP contribution in [0.5, 0.6) is 0 Å². The molecule has 0 amide bonds. The largest absolute Gasteiger partial charge is 0.392 e. The lowest BCUT2D eigenvalue weighted by atomic mass is 10.0. The van der Waals surface area contributed by atoms with Crippen molar-refractivity contribution < 1.29 is 0 Å². The van der Waals surface area contributed by atoms with E-state index < -0.39 is 0 Å². The van der Waals surface area contributed by atoms with Crippen LogP contribution in [0.25, 0.3) is 0 Å². The molecule has 0 aliphatic carbocycles. The summed E-state index contributed by atoms with van der Waals surface area (Å²) in [6, 6.07) is 4.20. The standard InChI is InChI=1S/C14H22N4S/c1-11-10-12(4-5-16-11)17-6-8-18(9-7-17)14(2,3)13(15)19/h4-5,10H,6-9H2,1-3H3,(H2,15,19). The summed E-state index contributed by atoms with van der Waals surface area (Å²) >= 11 is 5.17. The number of aryl methyl sites for hydroxylation is 1. The van der Waals surface area contributed by atoms with Crippen molar-refractivity contribution in [2.45, 2.75) is 26.3 Å². The van der Waals surface area contributed by atoms with Crippen molar-refractivity contribution in [3.05, 3.63) is 24.0 Å². The van der Waals surface area contributed by atoms with Crippen molar-refractivity contribution in [3.63, 3.8) is 0 Å². The van der Waals surface area contributed by atoms with Gasteiger partial charge in [-0.05, 0) is 32.9 Å². The van der Waals surface area contributed by atoms with Gasteiger partial charge in [-0.1, -0.05) is 12.2 Å². The first-order valence-corrected chi connectivity index (χ1v) is 7.04. The molecule has 1 fully saturated rings. The maximum atomic E-state index is 5.83. The first kappa shape index (κ1) is 14.2. The van der Waals surface area contributed by atoms with E-state index in [-0.39, 0.29) is 5.54 Å². The molecule has 4 nitrogen and oxygen atoms in total. The van der Waals surface area contributed by atoms with Gasteiger partial charge < -0.3 is 10.6 Å². The Bertz CT molecular complexity index is 464. The topological polar surface area (TPSA) is 45.4 Å². The molecule has 2 heterocycles. The predicted octanol–water partition coefficient (Wildman–Crippen LogP) is 1.58. The molecule has 1 aliphatic rings. The van der Waals surface area contributed by atoms with Crippen LogP contribution in [-0.2, 0) is 0 Å². The first-order chi connectivity index (χ1) is 8.91. The molecule has 2 rings (SSSR count). The predicted molar refractivity (Wildman–Crippen MR) is 83.6 cm³/mol. The third kappa shape index (κ3) is 3.04. The molecule has 104 valence electrons. The highest BCUT2D eigenvalue weighted by Gasteiger charge is 2.32. The van der Waals surface area contributed by atoms with Crippen molar-refractivity contribution in [1.29, 1.82) is 0 Å². The number of anilines is 1. The maximum absolute atomic E-state index is 5.83. The lowest BCUT2D eigenvalue weighted by molar-refractivity contribution is 0.168. The molecular weight excluding hydrogens is 256 g/mol. The Hall–Kier alpha value is -1.20. The molecule has 0 aromatic carbocycles. The summed E-state index contributed by atoms with van der Waals surface area (Å²) < 4.78 is 0. The monoisotopic (exact) mass is 278 g/mol. The number of thiocarbonyl (C=S) groups is 1. The number of hydrogen-bond acceptors (Lipinski definition) is 4. The van der Waals surface area contributed by atoms with Gasteiger partial charge in [0.25, 0.3) is 0 Å². The van der Waals surface area contributed by atoms with Crippen LogP contribution >= 0.6 is 12.2 Å². The molecule has 1 aromatic rings. The van der Waals surface area contributed by atoms with Crippen LogP contribution in [0.15, 0.2) is 18.3 Å². The van der Waals surface area contributed by atoms with Gasteiger partial charge in [-0.25, -0.2) is 0 Å². The highest BCUT2D eigenvalue weighted by atomic mass is 32.1. The number of hydrogen-bond donors (Lipinski definition) is 1. The molecule has 2 N–H and O–H groups in total. The number of nitrogens with two attached hydrogens (primary N) is 1. The molecular formula is C14H22N4S. The van der Waals surface area contributed by atoms with Crippen LogP contribution in [0.4, 0.5) is 5.69 Å². The Labute approximate surface area is 120 Å². The average molecular weight is 278 g/mol. The minimum absolute atomic E-state index is 0.199. The van der Waals surface area contributed by atoms with Gasteiger partial charge in [0, 0.05) is 43.8 Å². The molecule has 0 radical (unpaired) electrons. The molecule has 0 spiro atoms. The van der Waals surface area contributed by atoms with Crippen molar-refractivity contribution in [2.24, 2.45) is 5.73 Å². The molecule has 19 heavy (non-hydrogen) atoms. The van der Waals surface area contributed by atoms with E-state index in [2.05, 4.69) is 40.8 Å². The maximum Gasteiger partial charge on any atom is 0.0928 e. The number of pyridine rings is 1. The van der Waals surface area contributed by atoms with E-state index in [1.54, 1.807) is 0 Å². The Balaban J connectivity index is 2.02. The average Bonchev–Trinajstić information content (AvgIpc) is 2.38. The van der Waals surface area contributed by atoms with Crippen molar-refractivity contribution in [3.8, 4) is 0 Å². The second-order valence-corrected chi connectivity index (χ2v) is 5.99. The van der Waals surface area contributed by atoms with Crippen molar-refractivity contribution >= 4 is 22.9 Å². The summed E-state index contributed by atoms with van der Waals surface area (Å²) in [5, 5.41) is 0. The fourth-order valence-corrected chi connectivity index (χ4v) is 2.54. The quantitative estimate of drug-likeness (QED) is 0.851. The molecule has 0 atom stereocenters. The van der Waals surface area contributed by atoms with Crippen LogP contribution in [0.3, 0.4) is 0 Å². The fourth-order valence-electron chi connectivity index (χ4n) is 2.41. The van der Waals surface area contributed by atoms with E-state index in [0.717, 1.165) is 31.9 Å². The van der Waals surface area contributed by atoms with Crippen LogP contribution < -0.4 is 10.6 Å². The highest BCUT2D eigenvalue weighted by molar-refractivity contribution is 7.80. The van der Waals surface area contributed by atoms with E-state index in [1.165, 1.54) is 5.69 Å². The van der Waals surface area contributed by atoms with Gasteiger partial charge in [0.2, 0.25) is 0 Å². The summed E-state index contributed by atoms with van der Waals surface area (Å²) in [6.07, 6.45) is 1.87. The smallest absolute Gasteiger partial charge is 0.0928 e. The van der Waals surface area contributed by atoms with E-state index in [4.69, 9.17) is 18.0 Å². The molecule has 0 saturated carbocycles. The zero-order valence-corrected chi connectivity index (χ0v) is 12.7. The van der Waals surface area contributed by atoms with Gasteiger partial charge in [0.1, 0.15) is 0 Å². The molecule has 5 heteroatoms. The molecule has 1 aromatic heterocycles. The molecule has 0 unspecified atom stereocenters. The van der Waals surface area contributed by atoms with Gasteiger partial charge in [0.15, 0.2) is 0 Å². The minimum atomic E-state index is -0.199. The molecule has 1 aliphatic heterocycles. The lowest BCUT2D eigenvalue weighted by Crippen LogP contribution is -2.59. The van der Waals surface area contributed by atoms with Crippen LogP contribution in [0.1, 0.15) is 19.5 Å². The summed E-state index contributed by atoms with van der Waals surface area (Å²) in [4.78, 5) is 9.56. The van der Waals surface area contributed by atoms with E-state index in [9.17, 15) is 0 Å². The van der Waals surface area contributed by atoms with Gasteiger partial charge in [0.05, 0.1) is 10.5 Å². The van der Waals surface area contributed by atoms with Gasteiger partial charge in [-0.2, -0.15) is 0 Å². The minimum Gasteiger partial charge on any atom is -0.392 e. The third-order valence-corrected chi connectivity index (χ3v) is 4.42. The van der Waals surface area contributed by atoms with Crippen LogP contribution in [-0.4, -0.2) is 46.6 Å². The number of rotatable bonds is 3. The van der Waals surface area contributed by atoms with E-state index >= 15 is 0 Å². The van der Waals surface area contributed by atoms with Gasteiger partial charge in [-0.15, -0.1) is 0 Å². The van der Waals surface area contributed by atoms with Crippen LogP contribution in [0.2, 0.25) is 0 Å². The molecule has 0 bridgehead atoms. The van der Waals surface area contributed by atoms with Crippen LogP contribution in [0, 0.1) is 6.92 Å². The Morgan fingerprint density at radius 1 is 1.32 bits per heavy atom. The summed E-state index contributed by atoms with van der Waals surface area (Å²) in [6.45, 7) is 10.2. The number of aromatic nitrogens is 1. The zero-order chi connectivity index (χ0) is 14.0. The lowest BCUT2D eigenvalue weighted by Gasteiger charge is -2.44. The third-order valence-electron chi connectivity index (χ3n) is 3.92. The van der Waals surface area contributed by atoms with Crippen molar-refractivity contribution in [2.75, 3.05) is 31.1 Å². The normalized spacial score (nSPS) is 17.5. The van der Waals surface area contributed by atoms with E-state index in [0.29, 0.717) is 4.99 Å². The fraction of sp³-hybridized carbons (Fsp3) is 0.571. The van der Waals surface area contributed by atoms with Crippen molar-refractivity contribution in [1.82, 2.24) is 9.88 Å². The Kier molecular flexibility index (Phi) is 4.06. The second kappa shape index (κ2) is 5.43. The zero-order valence-electron chi connectivity index (χ0n) is 11.9. The summed E-state index contributed by atoms with van der Waals surface area (Å²) in [7, 11) is 0. The molecule has 1 saturated heterocycles. The Morgan fingerprint density at radius 3 is 2.47 bits per heavy atom. The second-order valence-electron chi connectivity index (χ2n) is 5.55. The number of piperazine rings is 1. The van der Waals surface area contributed by atoms with E-state index in [1.807, 2.05) is 13.1 Å². The number of nitrogens with zero attached hydrogens (tertiary/aromatic N) is 3. The van der Waals surface area contributed by atoms with Gasteiger partial charge in [-0.3, -0.25) is 9.88 Å².